The summed E-state index contributed by atoms with van der Waals surface area (Å²) in [6.45, 7) is 0.625. The van der Waals surface area contributed by atoms with Crippen LogP contribution in [0, 0.1) is 0 Å². The normalized spacial score (nSPS) is 10.1. The summed E-state index contributed by atoms with van der Waals surface area (Å²) >= 11 is 0. The molecule has 1 aromatic heterocycles. The van der Waals surface area contributed by atoms with Crippen molar-refractivity contribution in [2.24, 2.45) is 12.8 Å². The molecule has 0 amide bonds. The maximum absolute atomic E-state index is 5.37. The van der Waals surface area contributed by atoms with Gasteiger partial charge in [-0.2, -0.15) is 5.10 Å². The molecule has 1 aromatic rings. The molecule has 0 unspecified atom stereocenters. The van der Waals surface area contributed by atoms with E-state index in [-0.39, 0.29) is 0 Å². The van der Waals surface area contributed by atoms with E-state index in [1.165, 1.54) is 0 Å². The van der Waals surface area contributed by atoms with Crippen LogP contribution in [0.3, 0.4) is 0 Å². The molecule has 4 heteroatoms. The van der Waals surface area contributed by atoms with Crippen LogP contribution in [0.15, 0.2) is 6.07 Å². The lowest BCUT2D eigenvalue weighted by atomic mass is 10.3. The Labute approximate surface area is 66.0 Å². The number of rotatable bonds is 3. The maximum atomic E-state index is 5.37. The number of aromatic nitrogens is 2. The minimum absolute atomic E-state index is 0.625. The highest BCUT2D eigenvalue weighted by Crippen LogP contribution is 2.10. The van der Waals surface area contributed by atoms with Gasteiger partial charge in [-0.05, 0) is 6.54 Å². The van der Waals surface area contributed by atoms with Crippen molar-refractivity contribution in [1.29, 1.82) is 0 Å². The third-order valence-electron chi connectivity index (χ3n) is 1.50. The Hall–Kier alpha value is -1.03. The van der Waals surface area contributed by atoms with Gasteiger partial charge in [-0.3, -0.25) is 0 Å². The highest BCUT2D eigenvalue weighted by molar-refractivity contribution is 5.15. The van der Waals surface area contributed by atoms with E-state index in [0.29, 0.717) is 6.54 Å². The fourth-order valence-electron chi connectivity index (χ4n) is 0.968. The third kappa shape index (κ3) is 1.71. The summed E-state index contributed by atoms with van der Waals surface area (Å²) < 4.78 is 6.73. The standard InChI is InChI=1S/C7H13N3O/c1-10-7(11-2)5-6(9-10)3-4-8/h5H,3-4,8H2,1-2H3. The number of methoxy groups -OCH3 is 1. The number of nitrogens with zero attached hydrogens (tertiary/aromatic N) is 2. The first kappa shape index (κ1) is 8.07. The molecule has 0 fully saturated rings. The predicted molar refractivity (Wildman–Crippen MR) is 42.5 cm³/mol. The van der Waals surface area contributed by atoms with Crippen LogP contribution in [0.25, 0.3) is 0 Å². The summed E-state index contributed by atoms with van der Waals surface area (Å²) in [6.07, 6.45) is 0.803. The largest absolute Gasteiger partial charge is 0.481 e. The van der Waals surface area contributed by atoms with Crippen molar-refractivity contribution in [2.75, 3.05) is 13.7 Å². The van der Waals surface area contributed by atoms with E-state index in [0.717, 1.165) is 18.0 Å². The van der Waals surface area contributed by atoms with E-state index in [1.54, 1.807) is 11.8 Å². The topological polar surface area (TPSA) is 53.1 Å². The zero-order valence-corrected chi connectivity index (χ0v) is 6.87. The second-order valence-electron chi connectivity index (χ2n) is 2.34. The van der Waals surface area contributed by atoms with Crippen molar-refractivity contribution < 1.29 is 4.74 Å². The fraction of sp³-hybridized carbons (Fsp3) is 0.571. The van der Waals surface area contributed by atoms with Gasteiger partial charge in [0.15, 0.2) is 0 Å². The molecule has 0 saturated heterocycles. The van der Waals surface area contributed by atoms with Gasteiger partial charge in [-0.1, -0.05) is 0 Å². The minimum atomic E-state index is 0.625. The van der Waals surface area contributed by atoms with Crippen LogP contribution in [-0.2, 0) is 13.5 Å². The van der Waals surface area contributed by atoms with Crippen molar-refractivity contribution in [3.05, 3.63) is 11.8 Å². The second-order valence-corrected chi connectivity index (χ2v) is 2.34. The third-order valence-corrected chi connectivity index (χ3v) is 1.50. The minimum Gasteiger partial charge on any atom is -0.481 e. The molecule has 11 heavy (non-hydrogen) atoms. The Morgan fingerprint density at radius 1 is 1.73 bits per heavy atom. The first-order chi connectivity index (χ1) is 5.27. The Morgan fingerprint density at radius 3 is 2.91 bits per heavy atom. The van der Waals surface area contributed by atoms with Crippen LogP contribution in [0.2, 0.25) is 0 Å². The molecule has 62 valence electrons. The lowest BCUT2D eigenvalue weighted by Crippen LogP contribution is -2.03. The lowest BCUT2D eigenvalue weighted by Gasteiger charge is -1.95. The van der Waals surface area contributed by atoms with Gasteiger partial charge < -0.3 is 10.5 Å². The molecule has 0 aliphatic heterocycles. The van der Waals surface area contributed by atoms with Gasteiger partial charge in [-0.15, -0.1) is 0 Å². The molecule has 0 atom stereocenters. The summed E-state index contributed by atoms with van der Waals surface area (Å²) in [7, 11) is 3.47. The van der Waals surface area contributed by atoms with Crippen molar-refractivity contribution >= 4 is 0 Å². The van der Waals surface area contributed by atoms with Gasteiger partial charge >= 0.3 is 0 Å². The molecule has 0 aromatic carbocycles. The molecule has 0 aliphatic rings. The zero-order valence-electron chi connectivity index (χ0n) is 6.87. The molecular weight excluding hydrogens is 142 g/mol. The summed E-state index contributed by atoms with van der Waals surface area (Å²) in [5, 5.41) is 4.18. The number of nitrogens with two attached hydrogens (primary N) is 1. The summed E-state index contributed by atoms with van der Waals surface area (Å²) in [5.74, 6) is 0.772. The Morgan fingerprint density at radius 2 is 2.45 bits per heavy atom. The molecule has 0 saturated carbocycles. The van der Waals surface area contributed by atoms with Gasteiger partial charge in [0.05, 0.1) is 12.8 Å². The fourth-order valence-corrected chi connectivity index (χ4v) is 0.968. The number of ether oxygens (including phenoxy) is 1. The van der Waals surface area contributed by atoms with E-state index in [1.807, 2.05) is 13.1 Å². The summed E-state index contributed by atoms with van der Waals surface area (Å²) in [4.78, 5) is 0. The van der Waals surface area contributed by atoms with Crippen LogP contribution in [0.4, 0.5) is 0 Å². The molecule has 2 N–H and O–H groups in total. The van der Waals surface area contributed by atoms with Crippen molar-refractivity contribution in [2.45, 2.75) is 6.42 Å². The van der Waals surface area contributed by atoms with Crippen molar-refractivity contribution in [3.8, 4) is 5.88 Å². The molecule has 1 rings (SSSR count). The van der Waals surface area contributed by atoms with E-state index in [2.05, 4.69) is 5.10 Å². The van der Waals surface area contributed by atoms with Gasteiger partial charge in [-0.25, -0.2) is 4.68 Å². The average Bonchev–Trinajstić information content (AvgIpc) is 2.32. The average molecular weight is 155 g/mol. The van der Waals surface area contributed by atoms with E-state index in [4.69, 9.17) is 10.5 Å². The SMILES string of the molecule is COc1cc(CCN)nn1C. The van der Waals surface area contributed by atoms with E-state index < -0.39 is 0 Å². The van der Waals surface area contributed by atoms with Gasteiger partial charge in [0.25, 0.3) is 0 Å². The maximum Gasteiger partial charge on any atom is 0.211 e. The second kappa shape index (κ2) is 3.39. The predicted octanol–water partition coefficient (Wildman–Crippen LogP) is -0.0701. The van der Waals surface area contributed by atoms with Gasteiger partial charge in [0.2, 0.25) is 5.88 Å². The lowest BCUT2D eigenvalue weighted by molar-refractivity contribution is 0.373. The summed E-state index contributed by atoms with van der Waals surface area (Å²) in [6, 6.07) is 1.90. The molecule has 0 radical (unpaired) electrons. The van der Waals surface area contributed by atoms with E-state index >= 15 is 0 Å². The van der Waals surface area contributed by atoms with Gasteiger partial charge in [0.1, 0.15) is 0 Å². The molecular formula is C7H13N3O. The first-order valence-electron chi connectivity index (χ1n) is 3.55. The Balaban J connectivity index is 2.77. The quantitative estimate of drug-likeness (QED) is 0.664. The molecule has 1 heterocycles. The number of aryl methyl sites for hydroxylation is 1. The molecule has 0 aliphatic carbocycles. The number of hydrogen-bond donors (Lipinski definition) is 1. The van der Waals surface area contributed by atoms with Crippen molar-refractivity contribution in [3.63, 3.8) is 0 Å². The van der Waals surface area contributed by atoms with Crippen LogP contribution in [-0.4, -0.2) is 23.4 Å². The van der Waals surface area contributed by atoms with Crippen LogP contribution in [0.5, 0.6) is 5.88 Å². The van der Waals surface area contributed by atoms with E-state index in [9.17, 15) is 0 Å². The smallest absolute Gasteiger partial charge is 0.211 e. The zero-order chi connectivity index (χ0) is 8.27. The van der Waals surface area contributed by atoms with Crippen LogP contribution in [0.1, 0.15) is 5.69 Å². The highest BCUT2D eigenvalue weighted by Gasteiger charge is 2.02. The Kier molecular flexibility index (Phi) is 2.48. The van der Waals surface area contributed by atoms with Crippen LogP contribution >= 0.6 is 0 Å². The van der Waals surface area contributed by atoms with Crippen LogP contribution < -0.4 is 10.5 Å². The summed E-state index contributed by atoms with van der Waals surface area (Å²) in [5.41, 5.74) is 6.35. The molecule has 0 spiro atoms. The Bertz CT molecular complexity index is 232. The molecule has 4 nitrogen and oxygen atoms in total. The van der Waals surface area contributed by atoms with Gasteiger partial charge in [0, 0.05) is 19.5 Å². The number of hydrogen-bond acceptors (Lipinski definition) is 3. The highest BCUT2D eigenvalue weighted by atomic mass is 16.5. The first-order valence-corrected chi connectivity index (χ1v) is 3.55. The van der Waals surface area contributed by atoms with Crippen molar-refractivity contribution in [1.82, 2.24) is 9.78 Å². The monoisotopic (exact) mass is 155 g/mol. The molecule has 0 bridgehead atoms.